The second-order valence-electron chi connectivity index (χ2n) is 3.49. The van der Waals surface area contributed by atoms with Crippen LogP contribution in [0.2, 0.25) is 0 Å². The van der Waals surface area contributed by atoms with Gasteiger partial charge in [-0.15, -0.1) is 0 Å². The lowest BCUT2D eigenvalue weighted by Crippen LogP contribution is -2.20. The van der Waals surface area contributed by atoms with Crippen LogP contribution in [0.5, 0.6) is 0 Å². The number of benzene rings is 1. The number of nitro groups is 1. The first-order chi connectivity index (χ1) is 8.65. The minimum absolute atomic E-state index is 0.0418. The van der Waals surface area contributed by atoms with Crippen molar-refractivity contribution in [2.75, 3.05) is 0 Å². The summed E-state index contributed by atoms with van der Waals surface area (Å²) in [5, 5.41) is 10.6. The Hall–Kier alpha value is -2.70. The summed E-state index contributed by atoms with van der Waals surface area (Å²) in [6.45, 7) is 0. The van der Waals surface area contributed by atoms with Gasteiger partial charge in [0.05, 0.1) is 17.5 Å². The summed E-state index contributed by atoms with van der Waals surface area (Å²) < 4.78 is 1.17. The van der Waals surface area contributed by atoms with Crippen molar-refractivity contribution in [1.29, 1.82) is 0 Å². The molecule has 1 aromatic heterocycles. The Morgan fingerprint density at radius 3 is 3.00 bits per heavy atom. The Labute approximate surface area is 102 Å². The van der Waals surface area contributed by atoms with Gasteiger partial charge >= 0.3 is 5.97 Å². The van der Waals surface area contributed by atoms with Gasteiger partial charge in [0.1, 0.15) is 6.33 Å². The minimum atomic E-state index is -0.520. The Balaban J connectivity index is 2.03. The molecule has 0 atom stereocenters. The molecule has 92 valence electrons. The molecule has 0 amide bonds. The Kier molecular flexibility index (Phi) is 3.33. The second-order valence-corrected chi connectivity index (χ2v) is 3.49. The van der Waals surface area contributed by atoms with Crippen LogP contribution in [0.25, 0.3) is 0 Å². The standard InChI is InChI=1S/C11H9N3O4/c15-11(18-13-5-4-12-8-13)7-9-2-1-3-10(6-9)14(16)17/h1-6,8H,7H2. The van der Waals surface area contributed by atoms with Crippen molar-refractivity contribution in [3.8, 4) is 0 Å². The van der Waals surface area contributed by atoms with Crippen LogP contribution in [0.3, 0.4) is 0 Å². The highest BCUT2D eigenvalue weighted by Gasteiger charge is 2.10. The fourth-order valence-electron chi connectivity index (χ4n) is 1.40. The number of non-ortho nitro benzene ring substituents is 1. The van der Waals surface area contributed by atoms with E-state index in [0.717, 1.165) is 0 Å². The van der Waals surface area contributed by atoms with E-state index in [1.165, 1.54) is 41.7 Å². The van der Waals surface area contributed by atoms with Gasteiger partial charge in [-0.2, -0.15) is 4.73 Å². The van der Waals surface area contributed by atoms with Crippen LogP contribution in [0, 0.1) is 10.1 Å². The molecule has 0 fully saturated rings. The number of carbonyl (C=O) groups is 1. The first-order valence-corrected chi connectivity index (χ1v) is 5.07. The lowest BCUT2D eigenvalue weighted by atomic mass is 10.1. The summed E-state index contributed by atoms with van der Waals surface area (Å²) in [5.74, 6) is -0.520. The zero-order chi connectivity index (χ0) is 13.0. The van der Waals surface area contributed by atoms with Gasteiger partial charge in [0.15, 0.2) is 0 Å². The third-order valence-corrected chi connectivity index (χ3v) is 2.16. The zero-order valence-electron chi connectivity index (χ0n) is 9.22. The Morgan fingerprint density at radius 1 is 1.50 bits per heavy atom. The maximum Gasteiger partial charge on any atom is 0.337 e. The zero-order valence-corrected chi connectivity index (χ0v) is 9.22. The molecule has 0 saturated heterocycles. The summed E-state index contributed by atoms with van der Waals surface area (Å²) in [5.41, 5.74) is 0.470. The average molecular weight is 247 g/mol. The van der Waals surface area contributed by atoms with Crippen molar-refractivity contribution in [3.63, 3.8) is 0 Å². The van der Waals surface area contributed by atoms with Crippen molar-refractivity contribution >= 4 is 11.7 Å². The van der Waals surface area contributed by atoms with E-state index in [4.69, 9.17) is 4.84 Å². The topological polar surface area (TPSA) is 87.3 Å². The fourth-order valence-corrected chi connectivity index (χ4v) is 1.40. The number of nitro benzene ring substituents is 1. The first kappa shape index (κ1) is 11.8. The molecule has 0 aliphatic rings. The van der Waals surface area contributed by atoms with E-state index in [2.05, 4.69) is 4.98 Å². The SMILES string of the molecule is O=C(Cc1cccc([N+](=O)[O-])c1)On1ccnc1. The third-order valence-electron chi connectivity index (χ3n) is 2.16. The number of rotatable bonds is 4. The molecule has 2 rings (SSSR count). The van der Waals surface area contributed by atoms with Crippen LogP contribution in [-0.2, 0) is 11.2 Å². The summed E-state index contributed by atoms with van der Waals surface area (Å²) in [7, 11) is 0. The molecule has 0 bridgehead atoms. The maximum atomic E-state index is 11.5. The van der Waals surface area contributed by atoms with Gasteiger partial charge in [-0.25, -0.2) is 9.78 Å². The van der Waals surface area contributed by atoms with Crippen molar-refractivity contribution < 1.29 is 14.6 Å². The van der Waals surface area contributed by atoms with E-state index in [9.17, 15) is 14.9 Å². The summed E-state index contributed by atoms with van der Waals surface area (Å²) in [4.78, 5) is 30.2. The number of hydrogen-bond acceptors (Lipinski definition) is 5. The van der Waals surface area contributed by atoms with E-state index in [1.807, 2.05) is 0 Å². The van der Waals surface area contributed by atoms with Gasteiger partial charge in [0.25, 0.3) is 5.69 Å². The highest BCUT2D eigenvalue weighted by atomic mass is 16.7. The third kappa shape index (κ3) is 2.91. The second kappa shape index (κ2) is 5.09. The highest BCUT2D eigenvalue weighted by molar-refractivity contribution is 5.73. The van der Waals surface area contributed by atoms with Gasteiger partial charge in [-0.1, -0.05) is 12.1 Å². The van der Waals surface area contributed by atoms with E-state index in [0.29, 0.717) is 5.56 Å². The molecule has 0 N–H and O–H groups in total. The molecular formula is C11H9N3O4. The molecular weight excluding hydrogens is 238 g/mol. The molecule has 1 aromatic carbocycles. The summed E-state index contributed by atoms with van der Waals surface area (Å²) >= 11 is 0. The van der Waals surface area contributed by atoms with Crippen LogP contribution in [-0.4, -0.2) is 20.6 Å². The molecule has 0 radical (unpaired) electrons. The highest BCUT2D eigenvalue weighted by Crippen LogP contribution is 2.13. The molecule has 0 unspecified atom stereocenters. The van der Waals surface area contributed by atoms with Crippen molar-refractivity contribution in [2.45, 2.75) is 6.42 Å². The van der Waals surface area contributed by atoms with Crippen LogP contribution in [0.15, 0.2) is 43.0 Å². The number of nitrogens with zero attached hydrogens (tertiary/aromatic N) is 3. The predicted octanol–water partition coefficient (Wildman–Crippen LogP) is 0.989. The molecule has 0 aliphatic heterocycles. The maximum absolute atomic E-state index is 11.5. The van der Waals surface area contributed by atoms with Gasteiger partial charge < -0.3 is 4.84 Å². The quantitative estimate of drug-likeness (QED) is 0.593. The monoisotopic (exact) mass is 247 g/mol. The van der Waals surface area contributed by atoms with Crippen molar-refractivity contribution in [2.24, 2.45) is 0 Å². The van der Waals surface area contributed by atoms with Gasteiger partial charge in [0, 0.05) is 18.3 Å². The number of carbonyl (C=O) groups excluding carboxylic acids is 1. The first-order valence-electron chi connectivity index (χ1n) is 5.07. The molecule has 7 heteroatoms. The fraction of sp³-hybridized carbons (Fsp3) is 0.0909. The Morgan fingerprint density at radius 2 is 2.33 bits per heavy atom. The Bertz CT molecular complexity index is 565. The summed E-state index contributed by atoms with van der Waals surface area (Å²) in [6, 6.07) is 5.86. The molecule has 2 aromatic rings. The lowest BCUT2D eigenvalue weighted by Gasteiger charge is -2.03. The molecule has 0 aliphatic carbocycles. The number of hydrogen-bond donors (Lipinski definition) is 0. The van der Waals surface area contributed by atoms with Crippen molar-refractivity contribution in [3.05, 3.63) is 58.7 Å². The lowest BCUT2D eigenvalue weighted by molar-refractivity contribution is -0.384. The van der Waals surface area contributed by atoms with Crippen LogP contribution >= 0.6 is 0 Å². The summed E-state index contributed by atoms with van der Waals surface area (Å²) in [6.07, 6.45) is 4.25. The molecule has 7 nitrogen and oxygen atoms in total. The predicted molar refractivity (Wildman–Crippen MR) is 60.6 cm³/mol. The smallest absolute Gasteiger partial charge is 0.335 e. The molecule has 0 spiro atoms. The molecule has 1 heterocycles. The molecule has 0 saturated carbocycles. The van der Waals surface area contributed by atoms with Gasteiger partial charge in [-0.05, 0) is 5.56 Å². The molecule has 18 heavy (non-hydrogen) atoms. The van der Waals surface area contributed by atoms with E-state index in [1.54, 1.807) is 6.07 Å². The van der Waals surface area contributed by atoms with Crippen LogP contribution < -0.4 is 4.84 Å². The van der Waals surface area contributed by atoms with Gasteiger partial charge in [0.2, 0.25) is 0 Å². The van der Waals surface area contributed by atoms with Gasteiger partial charge in [-0.3, -0.25) is 10.1 Å². The van der Waals surface area contributed by atoms with E-state index >= 15 is 0 Å². The average Bonchev–Trinajstić information content (AvgIpc) is 2.82. The minimum Gasteiger partial charge on any atom is -0.335 e. The normalized spacial score (nSPS) is 10.0. The van der Waals surface area contributed by atoms with E-state index < -0.39 is 10.9 Å². The van der Waals surface area contributed by atoms with Crippen molar-refractivity contribution in [1.82, 2.24) is 9.71 Å². The largest absolute Gasteiger partial charge is 0.337 e. The number of aromatic nitrogens is 2. The van der Waals surface area contributed by atoms with E-state index in [-0.39, 0.29) is 12.1 Å². The van der Waals surface area contributed by atoms with Crippen LogP contribution in [0.1, 0.15) is 5.56 Å². The van der Waals surface area contributed by atoms with Crippen LogP contribution in [0.4, 0.5) is 5.69 Å². The number of imidazole rings is 1.